The van der Waals surface area contributed by atoms with Crippen molar-refractivity contribution in [1.29, 1.82) is 0 Å². The molecule has 0 aliphatic carbocycles. The molecule has 1 aromatic carbocycles. The molecule has 0 aliphatic heterocycles. The summed E-state index contributed by atoms with van der Waals surface area (Å²) >= 11 is 0.857. The number of anilines is 1. The maximum atomic E-state index is 12.7. The first-order valence-electron chi connectivity index (χ1n) is 7.56. The summed E-state index contributed by atoms with van der Waals surface area (Å²) in [7, 11) is 0. The smallest absolute Gasteiger partial charge is 0.324 e. The number of halogens is 3. The molecule has 1 amide bonds. The third-order valence-electron chi connectivity index (χ3n) is 3.48. The van der Waals surface area contributed by atoms with Crippen LogP contribution in [0.4, 0.5) is 18.9 Å². The number of amides is 1. The number of hydrogen-bond donors (Lipinski definition) is 1. The summed E-state index contributed by atoms with van der Waals surface area (Å²) in [5.74, 6) is -0.368. The van der Waals surface area contributed by atoms with E-state index in [1.54, 1.807) is 31.3 Å². The largest absolute Gasteiger partial charge is 0.433 e. The van der Waals surface area contributed by atoms with Gasteiger partial charge in [-0.25, -0.2) is 9.97 Å². The number of benzene rings is 1. The Morgan fingerprint density at radius 2 is 1.92 bits per heavy atom. The Kier molecular flexibility index (Phi) is 5.08. The molecule has 0 bridgehead atoms. The topological polar surface area (TPSA) is 67.8 Å². The summed E-state index contributed by atoms with van der Waals surface area (Å²) in [6, 6.07) is 9.69. The summed E-state index contributed by atoms with van der Waals surface area (Å²) in [6.45, 7) is 1.58. The molecule has 0 saturated heterocycles. The third kappa shape index (κ3) is 4.10. The van der Waals surface area contributed by atoms with E-state index >= 15 is 0 Å². The number of rotatable bonds is 4. The van der Waals surface area contributed by atoms with Crippen LogP contribution >= 0.6 is 11.8 Å². The molecule has 3 aromatic rings. The number of pyridine rings is 1. The minimum absolute atomic E-state index is 0.109. The molecule has 2 heterocycles. The maximum absolute atomic E-state index is 12.7. The number of fused-ring (bicyclic) bond motifs is 1. The standard InChI is InChI=1S/C17H13F3N4OS/c1-10(26-16-22-9-7-14(24-16)17(18,19)20)15(25)23-13-6-2-5-12-11(13)4-3-8-21-12/h2-10H,1H3,(H,23,25). The zero-order valence-corrected chi connectivity index (χ0v) is 14.3. The average Bonchev–Trinajstić information content (AvgIpc) is 2.61. The van der Waals surface area contributed by atoms with Crippen LogP contribution in [0.5, 0.6) is 0 Å². The summed E-state index contributed by atoms with van der Waals surface area (Å²) in [6.07, 6.45) is -1.88. The van der Waals surface area contributed by atoms with E-state index in [-0.39, 0.29) is 11.1 Å². The van der Waals surface area contributed by atoms with E-state index in [9.17, 15) is 18.0 Å². The van der Waals surface area contributed by atoms with Gasteiger partial charge in [-0.05, 0) is 37.3 Å². The van der Waals surface area contributed by atoms with Crippen molar-refractivity contribution in [3.63, 3.8) is 0 Å². The molecule has 0 saturated carbocycles. The minimum Gasteiger partial charge on any atom is -0.324 e. The normalized spacial score (nSPS) is 12.8. The molecule has 9 heteroatoms. The zero-order chi connectivity index (χ0) is 18.7. The van der Waals surface area contributed by atoms with E-state index in [2.05, 4.69) is 20.3 Å². The fourth-order valence-electron chi connectivity index (χ4n) is 2.21. The fourth-order valence-corrected chi connectivity index (χ4v) is 2.97. The number of hydrogen-bond acceptors (Lipinski definition) is 5. The predicted molar refractivity (Wildman–Crippen MR) is 92.7 cm³/mol. The molecular formula is C17H13F3N4OS. The molecule has 1 N–H and O–H groups in total. The lowest BCUT2D eigenvalue weighted by atomic mass is 10.2. The molecule has 1 unspecified atom stereocenters. The van der Waals surface area contributed by atoms with Crippen LogP contribution in [0.3, 0.4) is 0 Å². The molecule has 2 aromatic heterocycles. The lowest BCUT2D eigenvalue weighted by molar-refractivity contribution is -0.141. The van der Waals surface area contributed by atoms with Gasteiger partial charge in [0.05, 0.1) is 16.5 Å². The number of aromatic nitrogens is 3. The van der Waals surface area contributed by atoms with E-state index in [0.717, 1.165) is 34.9 Å². The van der Waals surface area contributed by atoms with E-state index in [0.29, 0.717) is 5.69 Å². The van der Waals surface area contributed by atoms with E-state index in [4.69, 9.17) is 0 Å². The van der Waals surface area contributed by atoms with Crippen LogP contribution in [0, 0.1) is 0 Å². The zero-order valence-electron chi connectivity index (χ0n) is 13.5. The second kappa shape index (κ2) is 7.28. The first kappa shape index (κ1) is 18.1. The van der Waals surface area contributed by atoms with Gasteiger partial charge in [0, 0.05) is 17.8 Å². The molecule has 3 rings (SSSR count). The van der Waals surface area contributed by atoms with Gasteiger partial charge in [0.25, 0.3) is 0 Å². The van der Waals surface area contributed by atoms with Crippen LogP contribution in [0.1, 0.15) is 12.6 Å². The summed E-state index contributed by atoms with van der Waals surface area (Å²) < 4.78 is 38.1. The molecule has 1 atom stereocenters. The van der Waals surface area contributed by atoms with Crippen molar-refractivity contribution < 1.29 is 18.0 Å². The van der Waals surface area contributed by atoms with Crippen LogP contribution in [0.15, 0.2) is 53.9 Å². The van der Waals surface area contributed by atoms with Gasteiger partial charge >= 0.3 is 6.18 Å². The molecule has 0 spiro atoms. The average molecular weight is 378 g/mol. The van der Waals surface area contributed by atoms with Crippen molar-refractivity contribution >= 4 is 34.3 Å². The lowest BCUT2D eigenvalue weighted by Crippen LogP contribution is -2.23. The first-order valence-corrected chi connectivity index (χ1v) is 8.44. The Balaban J connectivity index is 1.74. The highest BCUT2D eigenvalue weighted by Gasteiger charge is 2.33. The Labute approximate surface area is 151 Å². The summed E-state index contributed by atoms with van der Waals surface area (Å²) in [4.78, 5) is 23.9. The monoisotopic (exact) mass is 378 g/mol. The van der Waals surface area contributed by atoms with Crippen molar-refractivity contribution in [3.8, 4) is 0 Å². The highest BCUT2D eigenvalue weighted by atomic mass is 32.2. The molecule has 134 valence electrons. The molecule has 5 nitrogen and oxygen atoms in total. The summed E-state index contributed by atoms with van der Waals surface area (Å²) in [5, 5.41) is 2.75. The predicted octanol–water partition coefficient (Wildman–Crippen LogP) is 4.16. The number of thioether (sulfide) groups is 1. The van der Waals surface area contributed by atoms with Crippen LogP contribution in [0.25, 0.3) is 10.9 Å². The Morgan fingerprint density at radius 1 is 1.12 bits per heavy atom. The third-order valence-corrected chi connectivity index (χ3v) is 4.45. The molecular weight excluding hydrogens is 365 g/mol. The molecule has 0 fully saturated rings. The Morgan fingerprint density at radius 3 is 2.69 bits per heavy atom. The van der Waals surface area contributed by atoms with Gasteiger partial charge in [-0.3, -0.25) is 9.78 Å². The molecule has 26 heavy (non-hydrogen) atoms. The van der Waals surface area contributed by atoms with Gasteiger partial charge < -0.3 is 5.32 Å². The summed E-state index contributed by atoms with van der Waals surface area (Å²) in [5.41, 5.74) is 0.271. The number of carbonyl (C=O) groups excluding carboxylic acids is 1. The lowest BCUT2D eigenvalue weighted by Gasteiger charge is -2.13. The molecule has 0 aliphatic rings. The van der Waals surface area contributed by atoms with Gasteiger partial charge in [-0.15, -0.1) is 0 Å². The van der Waals surface area contributed by atoms with Crippen LogP contribution in [-0.2, 0) is 11.0 Å². The Hall–Kier alpha value is -2.68. The number of carbonyl (C=O) groups is 1. The quantitative estimate of drug-likeness (QED) is 0.545. The van der Waals surface area contributed by atoms with Crippen molar-refractivity contribution in [2.45, 2.75) is 23.5 Å². The molecule has 0 radical (unpaired) electrons. The SMILES string of the molecule is CC(Sc1nccc(C(F)(F)F)n1)C(=O)Nc1cccc2ncccc12. The van der Waals surface area contributed by atoms with Crippen LogP contribution in [-0.4, -0.2) is 26.1 Å². The number of nitrogens with zero attached hydrogens (tertiary/aromatic N) is 3. The fraction of sp³-hybridized carbons (Fsp3) is 0.176. The van der Waals surface area contributed by atoms with Gasteiger partial charge in [0.2, 0.25) is 5.91 Å². The van der Waals surface area contributed by atoms with E-state index in [1.807, 2.05) is 12.1 Å². The Bertz CT molecular complexity index is 943. The number of alkyl halides is 3. The van der Waals surface area contributed by atoms with Crippen molar-refractivity contribution in [3.05, 3.63) is 54.5 Å². The highest BCUT2D eigenvalue weighted by Crippen LogP contribution is 2.29. The van der Waals surface area contributed by atoms with Crippen molar-refractivity contribution in [2.24, 2.45) is 0 Å². The van der Waals surface area contributed by atoms with E-state index in [1.165, 1.54) is 0 Å². The minimum atomic E-state index is -4.56. The van der Waals surface area contributed by atoms with Crippen molar-refractivity contribution in [2.75, 3.05) is 5.32 Å². The second-order valence-corrected chi connectivity index (χ2v) is 6.66. The second-order valence-electron chi connectivity index (χ2n) is 5.35. The van der Waals surface area contributed by atoms with Crippen LogP contribution in [0.2, 0.25) is 0 Å². The van der Waals surface area contributed by atoms with E-state index < -0.39 is 17.1 Å². The highest BCUT2D eigenvalue weighted by molar-refractivity contribution is 8.00. The van der Waals surface area contributed by atoms with Gasteiger partial charge in [0.15, 0.2) is 5.16 Å². The van der Waals surface area contributed by atoms with Gasteiger partial charge in [-0.1, -0.05) is 17.8 Å². The van der Waals surface area contributed by atoms with Gasteiger partial charge in [-0.2, -0.15) is 13.2 Å². The van der Waals surface area contributed by atoms with Crippen molar-refractivity contribution in [1.82, 2.24) is 15.0 Å². The van der Waals surface area contributed by atoms with Crippen LogP contribution < -0.4 is 5.32 Å². The first-order chi connectivity index (χ1) is 12.3. The maximum Gasteiger partial charge on any atom is 0.433 e. The van der Waals surface area contributed by atoms with Gasteiger partial charge in [0.1, 0.15) is 5.69 Å². The number of nitrogens with one attached hydrogen (secondary N) is 1.